The second-order valence-corrected chi connectivity index (χ2v) is 8.10. The van der Waals surface area contributed by atoms with Crippen LogP contribution in [0.5, 0.6) is 0 Å². The van der Waals surface area contributed by atoms with E-state index in [1.807, 2.05) is 0 Å². The maximum Gasteiger partial charge on any atom is 0.264 e. The van der Waals surface area contributed by atoms with Crippen LogP contribution in [-0.4, -0.2) is 78.8 Å². The lowest BCUT2D eigenvalue weighted by atomic mass is 9.90. The lowest BCUT2D eigenvalue weighted by Crippen LogP contribution is -2.52. The summed E-state index contributed by atoms with van der Waals surface area (Å²) < 4.78 is 63.9. The van der Waals surface area contributed by atoms with Gasteiger partial charge in [0.1, 0.15) is 17.7 Å². The molecular weight excluding hydrogens is 358 g/mol. The Morgan fingerprint density at radius 2 is 1.83 bits per heavy atom. The summed E-state index contributed by atoms with van der Waals surface area (Å²) in [5.41, 5.74) is 6.78. The number of aliphatic hydroxyl groups excluding tert-OH is 1. The van der Waals surface area contributed by atoms with Gasteiger partial charge in [-0.2, -0.15) is 16.8 Å². The minimum Gasteiger partial charge on any atom is -0.387 e. The first kappa shape index (κ1) is 20.1. The van der Waals surface area contributed by atoms with Crippen LogP contribution < -0.4 is 0 Å². The first-order chi connectivity index (χ1) is 10.4. The summed E-state index contributed by atoms with van der Waals surface area (Å²) in [5.74, 6) is 0. The fourth-order valence-corrected chi connectivity index (χ4v) is 2.72. The smallest absolute Gasteiger partial charge is 0.264 e. The van der Waals surface area contributed by atoms with Gasteiger partial charge in [-0.1, -0.05) is 5.11 Å². The van der Waals surface area contributed by atoms with Crippen molar-refractivity contribution in [3.63, 3.8) is 0 Å². The zero-order valence-electron chi connectivity index (χ0n) is 12.5. The molecule has 0 amide bonds. The largest absolute Gasteiger partial charge is 0.387 e. The first-order valence-electron chi connectivity index (χ1n) is 6.06. The predicted octanol–water partition coefficient (Wildman–Crippen LogP) is -1.28. The van der Waals surface area contributed by atoms with Gasteiger partial charge in [0.25, 0.3) is 20.2 Å². The molecule has 14 heteroatoms. The van der Waals surface area contributed by atoms with Crippen LogP contribution in [0.3, 0.4) is 0 Å². The Kier molecular flexibility index (Phi) is 6.34. The maximum absolute atomic E-state index is 11.2. The summed E-state index contributed by atoms with van der Waals surface area (Å²) >= 11 is 0. The molecule has 1 fully saturated rings. The number of ether oxygens (including phenoxy) is 2. The van der Waals surface area contributed by atoms with Crippen molar-refractivity contribution in [1.82, 2.24) is 0 Å². The number of aliphatic hydroxyl groups is 1. The van der Waals surface area contributed by atoms with E-state index in [9.17, 15) is 21.9 Å². The Hall–Kier alpha value is -0.990. The van der Waals surface area contributed by atoms with E-state index in [4.69, 9.17) is 15.0 Å². The van der Waals surface area contributed by atoms with Gasteiger partial charge in [-0.3, -0.25) is 8.37 Å². The van der Waals surface area contributed by atoms with Gasteiger partial charge in [0.15, 0.2) is 6.29 Å². The van der Waals surface area contributed by atoms with Crippen LogP contribution in [0.15, 0.2) is 5.11 Å². The van der Waals surface area contributed by atoms with Crippen LogP contribution >= 0.6 is 0 Å². The lowest BCUT2D eigenvalue weighted by Gasteiger charge is -2.30. The second-order valence-electron chi connectivity index (χ2n) is 4.81. The van der Waals surface area contributed by atoms with Gasteiger partial charge in [0, 0.05) is 12.0 Å². The molecule has 0 spiro atoms. The monoisotopic (exact) mass is 375 g/mol. The van der Waals surface area contributed by atoms with Gasteiger partial charge < -0.3 is 14.6 Å². The number of methoxy groups -OCH3 is 1. The van der Waals surface area contributed by atoms with E-state index in [0.717, 1.165) is 12.5 Å². The molecule has 1 saturated heterocycles. The van der Waals surface area contributed by atoms with Crippen molar-refractivity contribution >= 4 is 20.2 Å². The average Bonchev–Trinajstić information content (AvgIpc) is 2.67. The van der Waals surface area contributed by atoms with E-state index >= 15 is 0 Å². The molecule has 0 aromatic carbocycles. The summed E-state index contributed by atoms with van der Waals surface area (Å²) in [5, 5.41) is 13.6. The molecule has 1 aliphatic heterocycles. The zero-order chi connectivity index (χ0) is 17.9. The number of hydrogen-bond acceptors (Lipinski definition) is 10. The van der Waals surface area contributed by atoms with Crippen LogP contribution in [0.25, 0.3) is 10.4 Å². The lowest BCUT2D eigenvalue weighted by molar-refractivity contribution is -0.151. The average molecular weight is 375 g/mol. The van der Waals surface area contributed by atoms with E-state index in [1.54, 1.807) is 0 Å². The molecule has 1 aliphatic rings. The van der Waals surface area contributed by atoms with E-state index in [-0.39, 0.29) is 0 Å². The molecule has 1 rings (SSSR count). The predicted molar refractivity (Wildman–Crippen MR) is 75.1 cm³/mol. The van der Waals surface area contributed by atoms with Gasteiger partial charge in [-0.05, 0) is 5.53 Å². The highest BCUT2D eigenvalue weighted by Gasteiger charge is 2.57. The molecule has 4 atom stereocenters. The topological polar surface area (TPSA) is 174 Å². The molecule has 23 heavy (non-hydrogen) atoms. The summed E-state index contributed by atoms with van der Waals surface area (Å²) in [6.45, 7) is -1.42. The third-order valence-electron chi connectivity index (χ3n) is 3.03. The standard InChI is InChI=1S/C9H17N3O9S2/c1-18-8-7(13)9(11-12-10,5-20-23(3,16)17)6(21-8)4-19-22(2,14)15/h6-8,13H,4-5H2,1-3H3/t6-,7-,8-,9-/m1/s1. The van der Waals surface area contributed by atoms with Crippen molar-refractivity contribution in [1.29, 1.82) is 0 Å². The molecule has 0 aromatic heterocycles. The molecule has 1 N–H and O–H groups in total. The molecule has 0 bridgehead atoms. The van der Waals surface area contributed by atoms with Crippen molar-refractivity contribution < 1.29 is 39.8 Å². The normalized spacial score (nSPS) is 31.7. The van der Waals surface area contributed by atoms with Crippen LogP contribution in [0.4, 0.5) is 0 Å². The highest BCUT2D eigenvalue weighted by molar-refractivity contribution is 7.86. The molecule has 0 aliphatic carbocycles. The van der Waals surface area contributed by atoms with Crippen molar-refractivity contribution in [3.8, 4) is 0 Å². The van der Waals surface area contributed by atoms with E-state index in [2.05, 4.69) is 18.4 Å². The number of rotatable bonds is 8. The Morgan fingerprint density at radius 3 is 2.26 bits per heavy atom. The van der Waals surface area contributed by atoms with Crippen molar-refractivity contribution in [2.45, 2.75) is 24.0 Å². The first-order valence-corrected chi connectivity index (χ1v) is 9.70. The number of azide groups is 1. The second kappa shape index (κ2) is 7.27. The molecule has 0 radical (unpaired) electrons. The van der Waals surface area contributed by atoms with Crippen LogP contribution in [0, 0.1) is 0 Å². The molecule has 0 unspecified atom stereocenters. The molecule has 0 saturated carbocycles. The molecule has 1 heterocycles. The Labute approximate surface area is 133 Å². The quantitative estimate of drug-likeness (QED) is 0.234. The third-order valence-corrected chi connectivity index (χ3v) is 4.14. The summed E-state index contributed by atoms with van der Waals surface area (Å²) in [6, 6.07) is 0. The van der Waals surface area contributed by atoms with Crippen LogP contribution in [0.1, 0.15) is 0 Å². The van der Waals surface area contributed by atoms with Gasteiger partial charge >= 0.3 is 0 Å². The number of hydrogen-bond donors (Lipinski definition) is 1. The highest BCUT2D eigenvalue weighted by Crippen LogP contribution is 2.36. The molecule has 0 aromatic rings. The Balaban J connectivity index is 3.17. The van der Waals surface area contributed by atoms with Gasteiger partial charge in [0.05, 0.1) is 25.7 Å². The van der Waals surface area contributed by atoms with E-state index in [1.165, 1.54) is 7.11 Å². The Bertz CT molecular complexity index is 672. The summed E-state index contributed by atoms with van der Waals surface area (Å²) in [4.78, 5) is 2.55. The summed E-state index contributed by atoms with van der Waals surface area (Å²) in [6.07, 6.45) is -2.69. The molecule has 12 nitrogen and oxygen atoms in total. The molecule has 134 valence electrons. The SMILES string of the molecule is CO[C@@H]1O[C@H](COS(C)(=O)=O)[C@@](COS(C)(=O)=O)(N=[N+]=[N-])[C@@H]1O. The summed E-state index contributed by atoms with van der Waals surface area (Å²) in [7, 11) is -6.60. The zero-order valence-corrected chi connectivity index (χ0v) is 14.2. The Morgan fingerprint density at radius 1 is 1.26 bits per heavy atom. The van der Waals surface area contributed by atoms with Gasteiger partial charge in [-0.15, -0.1) is 0 Å². The number of nitrogens with zero attached hydrogens (tertiary/aromatic N) is 3. The van der Waals surface area contributed by atoms with E-state index < -0.39 is 57.5 Å². The molecular formula is C9H17N3O9S2. The van der Waals surface area contributed by atoms with Crippen molar-refractivity contribution in [3.05, 3.63) is 10.4 Å². The fraction of sp³-hybridized carbons (Fsp3) is 1.00. The van der Waals surface area contributed by atoms with Gasteiger partial charge in [-0.25, -0.2) is 0 Å². The fourth-order valence-electron chi connectivity index (χ4n) is 1.95. The van der Waals surface area contributed by atoms with Crippen molar-refractivity contribution in [2.24, 2.45) is 5.11 Å². The minimum absolute atomic E-state index is 0.637. The van der Waals surface area contributed by atoms with E-state index in [0.29, 0.717) is 0 Å². The maximum atomic E-state index is 11.2. The van der Waals surface area contributed by atoms with Crippen LogP contribution in [-0.2, 0) is 38.1 Å². The minimum atomic E-state index is -3.93. The van der Waals surface area contributed by atoms with Crippen molar-refractivity contribution in [2.75, 3.05) is 32.8 Å². The third kappa shape index (κ3) is 5.26. The van der Waals surface area contributed by atoms with Gasteiger partial charge in [0.2, 0.25) is 0 Å². The highest BCUT2D eigenvalue weighted by atomic mass is 32.2. The van der Waals surface area contributed by atoms with Crippen LogP contribution in [0.2, 0.25) is 0 Å².